The zero-order chi connectivity index (χ0) is 14.7. The van der Waals surface area contributed by atoms with Crippen molar-refractivity contribution in [2.75, 3.05) is 0 Å². The summed E-state index contributed by atoms with van der Waals surface area (Å²) in [6, 6.07) is 1.38. The molecule has 4 fully saturated rings. The maximum Gasteiger partial charge on any atom is 0.161 e. The molecule has 1 unspecified atom stereocenters. The van der Waals surface area contributed by atoms with Gasteiger partial charge < -0.3 is 5.11 Å². The van der Waals surface area contributed by atoms with Crippen molar-refractivity contribution in [3.05, 3.63) is 35.1 Å². The topological polar surface area (TPSA) is 20.2 Å². The van der Waals surface area contributed by atoms with E-state index >= 15 is 0 Å². The first-order valence-corrected chi connectivity index (χ1v) is 7.85. The Kier molecular flexibility index (Phi) is 3.07. The zero-order valence-electron chi connectivity index (χ0n) is 11.7. The summed E-state index contributed by atoms with van der Waals surface area (Å²) in [6.45, 7) is 0. The van der Waals surface area contributed by atoms with E-state index in [1.807, 2.05) is 0 Å². The smallest absolute Gasteiger partial charge is 0.161 e. The van der Waals surface area contributed by atoms with Gasteiger partial charge in [-0.05, 0) is 67.8 Å². The van der Waals surface area contributed by atoms with E-state index in [1.165, 1.54) is 6.42 Å². The molecule has 4 heteroatoms. The lowest BCUT2D eigenvalue weighted by molar-refractivity contribution is -0.0916. The van der Waals surface area contributed by atoms with Crippen LogP contribution in [0.3, 0.4) is 0 Å². The van der Waals surface area contributed by atoms with Gasteiger partial charge in [-0.3, -0.25) is 0 Å². The molecule has 0 heterocycles. The van der Waals surface area contributed by atoms with Crippen molar-refractivity contribution in [3.63, 3.8) is 0 Å². The molecule has 1 nitrogen and oxygen atoms in total. The number of benzene rings is 1. The van der Waals surface area contributed by atoms with Crippen molar-refractivity contribution in [2.45, 2.75) is 38.2 Å². The van der Waals surface area contributed by atoms with Crippen LogP contribution in [-0.2, 0) is 0 Å². The van der Waals surface area contributed by atoms with E-state index in [-0.39, 0.29) is 11.5 Å². The van der Waals surface area contributed by atoms with Crippen LogP contribution in [0.5, 0.6) is 0 Å². The Morgan fingerprint density at radius 2 is 1.33 bits per heavy atom. The second-order valence-corrected chi connectivity index (χ2v) is 7.24. The highest BCUT2D eigenvalue weighted by Crippen LogP contribution is 2.59. The predicted molar refractivity (Wildman–Crippen MR) is 71.8 cm³/mol. The molecule has 4 bridgehead atoms. The molecule has 0 saturated heterocycles. The number of hydrogen-bond donors (Lipinski definition) is 1. The molecule has 5 rings (SSSR count). The Hall–Kier alpha value is -1.03. The van der Waals surface area contributed by atoms with Gasteiger partial charge in [0.05, 0.1) is 6.10 Å². The van der Waals surface area contributed by atoms with Crippen LogP contribution in [0.2, 0.25) is 0 Å². The Morgan fingerprint density at radius 3 is 1.90 bits per heavy atom. The summed E-state index contributed by atoms with van der Waals surface area (Å²) in [6.07, 6.45) is 4.67. The van der Waals surface area contributed by atoms with Gasteiger partial charge in [-0.15, -0.1) is 0 Å². The summed E-state index contributed by atoms with van der Waals surface area (Å²) in [5, 5.41) is 10.6. The van der Waals surface area contributed by atoms with Gasteiger partial charge in [0.15, 0.2) is 11.6 Å². The van der Waals surface area contributed by atoms with Crippen LogP contribution in [0, 0.1) is 47.0 Å². The van der Waals surface area contributed by atoms with Gasteiger partial charge in [0.1, 0.15) is 5.82 Å². The lowest BCUT2D eigenvalue weighted by Gasteiger charge is -2.55. The molecule has 0 spiro atoms. The highest BCUT2D eigenvalue weighted by Gasteiger charge is 2.50. The van der Waals surface area contributed by atoms with Crippen molar-refractivity contribution in [3.8, 4) is 0 Å². The predicted octanol–water partition coefficient (Wildman–Crippen LogP) is 4.21. The van der Waals surface area contributed by atoms with Crippen LogP contribution in [0.25, 0.3) is 0 Å². The first-order valence-electron chi connectivity index (χ1n) is 7.85. The standard InChI is InChI=1S/C17H19F3O/c18-13-7-15(20)14(19)6-12(13)17(21)16-10-2-8-1-9(4-10)5-11(16)3-8/h6-11,16-17,21H,1-5H2. The zero-order valence-corrected chi connectivity index (χ0v) is 11.7. The third-order valence-corrected chi connectivity index (χ3v) is 6.02. The van der Waals surface area contributed by atoms with E-state index in [4.69, 9.17) is 0 Å². The Balaban J connectivity index is 1.66. The molecule has 1 atom stereocenters. The van der Waals surface area contributed by atoms with E-state index in [2.05, 4.69) is 0 Å². The number of halogens is 3. The average Bonchev–Trinajstić information content (AvgIpc) is 2.41. The average molecular weight is 296 g/mol. The lowest BCUT2D eigenvalue weighted by atomic mass is 9.50. The highest BCUT2D eigenvalue weighted by molar-refractivity contribution is 5.24. The van der Waals surface area contributed by atoms with Crippen molar-refractivity contribution in [2.24, 2.45) is 29.6 Å². The Bertz CT molecular complexity index is 543. The number of hydrogen-bond acceptors (Lipinski definition) is 1. The fourth-order valence-electron chi connectivity index (χ4n) is 5.45. The van der Waals surface area contributed by atoms with Crippen molar-refractivity contribution in [1.29, 1.82) is 0 Å². The van der Waals surface area contributed by atoms with Crippen LogP contribution >= 0.6 is 0 Å². The molecule has 21 heavy (non-hydrogen) atoms. The summed E-state index contributed by atoms with van der Waals surface area (Å²) in [4.78, 5) is 0. The first kappa shape index (κ1) is 13.6. The Morgan fingerprint density at radius 1 is 0.810 bits per heavy atom. The number of aliphatic hydroxyl groups is 1. The molecule has 1 aromatic rings. The first-order chi connectivity index (χ1) is 10.0. The lowest BCUT2D eigenvalue weighted by Crippen LogP contribution is -2.47. The van der Waals surface area contributed by atoms with Crippen LogP contribution in [0.1, 0.15) is 43.8 Å². The third-order valence-electron chi connectivity index (χ3n) is 6.02. The molecule has 4 saturated carbocycles. The molecule has 1 N–H and O–H groups in total. The van der Waals surface area contributed by atoms with Gasteiger partial charge in [0.2, 0.25) is 0 Å². The van der Waals surface area contributed by atoms with Crippen molar-refractivity contribution in [1.82, 2.24) is 0 Å². The summed E-state index contributed by atoms with van der Waals surface area (Å²) < 4.78 is 40.4. The molecule has 0 radical (unpaired) electrons. The van der Waals surface area contributed by atoms with Crippen LogP contribution in [0.15, 0.2) is 12.1 Å². The number of rotatable bonds is 2. The molecule has 4 aliphatic rings. The summed E-state index contributed by atoms with van der Waals surface area (Å²) in [5.74, 6) is -0.806. The summed E-state index contributed by atoms with van der Waals surface area (Å²) in [7, 11) is 0. The van der Waals surface area contributed by atoms with Gasteiger partial charge in [-0.1, -0.05) is 0 Å². The minimum atomic E-state index is -1.20. The maximum atomic E-state index is 13.9. The van der Waals surface area contributed by atoms with Gasteiger partial charge in [-0.2, -0.15) is 0 Å². The van der Waals surface area contributed by atoms with Gasteiger partial charge >= 0.3 is 0 Å². The largest absolute Gasteiger partial charge is 0.388 e. The summed E-state index contributed by atoms with van der Waals surface area (Å²) in [5.41, 5.74) is -0.0774. The van der Waals surface area contributed by atoms with Crippen LogP contribution in [-0.4, -0.2) is 5.11 Å². The van der Waals surface area contributed by atoms with E-state index in [0.717, 1.165) is 43.6 Å². The summed E-state index contributed by atoms with van der Waals surface area (Å²) >= 11 is 0. The minimum absolute atomic E-state index is 0.00263. The van der Waals surface area contributed by atoms with Crippen molar-refractivity contribution >= 4 is 0 Å². The molecule has 4 aliphatic carbocycles. The van der Waals surface area contributed by atoms with E-state index in [0.29, 0.717) is 17.9 Å². The molecule has 0 aromatic heterocycles. The molecule has 1 aromatic carbocycles. The SMILES string of the molecule is OC(c1cc(F)c(F)cc1F)C1C2CC3CC(C2)CC1C3. The normalized spacial score (nSPS) is 38.8. The molecule has 0 aliphatic heterocycles. The van der Waals surface area contributed by atoms with Crippen LogP contribution < -0.4 is 0 Å². The fourth-order valence-corrected chi connectivity index (χ4v) is 5.45. The van der Waals surface area contributed by atoms with Gasteiger partial charge in [0.25, 0.3) is 0 Å². The van der Waals surface area contributed by atoms with E-state index < -0.39 is 23.6 Å². The second-order valence-electron chi connectivity index (χ2n) is 7.24. The number of aliphatic hydroxyl groups excluding tert-OH is 1. The fraction of sp³-hybridized carbons (Fsp3) is 0.647. The van der Waals surface area contributed by atoms with Gasteiger partial charge in [-0.25, -0.2) is 13.2 Å². The van der Waals surface area contributed by atoms with Crippen molar-refractivity contribution < 1.29 is 18.3 Å². The van der Waals surface area contributed by atoms with E-state index in [1.54, 1.807) is 0 Å². The van der Waals surface area contributed by atoms with Crippen LogP contribution in [0.4, 0.5) is 13.2 Å². The maximum absolute atomic E-state index is 13.9. The molecule has 0 amide bonds. The third kappa shape index (κ3) is 2.10. The molecular weight excluding hydrogens is 277 g/mol. The Labute approximate surface area is 122 Å². The second kappa shape index (κ2) is 4.73. The van der Waals surface area contributed by atoms with Gasteiger partial charge in [0, 0.05) is 11.6 Å². The minimum Gasteiger partial charge on any atom is -0.388 e. The van der Waals surface area contributed by atoms with E-state index in [9.17, 15) is 18.3 Å². The quantitative estimate of drug-likeness (QED) is 0.811. The highest BCUT2D eigenvalue weighted by atomic mass is 19.2. The molecule has 114 valence electrons. The molecular formula is C17H19F3O. The monoisotopic (exact) mass is 296 g/mol.